The molecule has 0 saturated carbocycles. The Balaban J connectivity index is 1.52. The molecule has 0 bridgehead atoms. The number of hydrogen-bond donors (Lipinski definition) is 1. The van der Waals surface area contributed by atoms with Gasteiger partial charge in [-0.15, -0.1) is 11.3 Å². The van der Waals surface area contributed by atoms with Crippen LogP contribution in [0, 0.1) is 17.3 Å². The number of carbonyl (C=O) groups is 2. The van der Waals surface area contributed by atoms with Crippen LogP contribution in [0.3, 0.4) is 0 Å². The highest BCUT2D eigenvalue weighted by Gasteiger charge is 2.34. The van der Waals surface area contributed by atoms with Crippen molar-refractivity contribution in [3.63, 3.8) is 0 Å². The summed E-state index contributed by atoms with van der Waals surface area (Å²) in [4.78, 5) is 32.9. The molecule has 0 unspecified atom stereocenters. The van der Waals surface area contributed by atoms with Crippen molar-refractivity contribution in [2.24, 2.45) is 17.3 Å². The molecule has 5 rings (SSSR count). The van der Waals surface area contributed by atoms with Crippen LogP contribution in [0.25, 0.3) is 22.2 Å². The second kappa shape index (κ2) is 11.2. The van der Waals surface area contributed by atoms with Gasteiger partial charge in [-0.3, -0.25) is 4.79 Å². The topological polar surface area (TPSA) is 68.3 Å². The third kappa shape index (κ3) is 5.68. The molecule has 2 aromatic heterocycles. The second-order valence-corrected chi connectivity index (χ2v) is 13.4. The van der Waals surface area contributed by atoms with E-state index in [0.717, 1.165) is 53.4 Å². The third-order valence-electron chi connectivity index (χ3n) is 7.96. The Bertz CT molecular complexity index is 1560. The van der Waals surface area contributed by atoms with Gasteiger partial charge in [-0.25, -0.2) is 9.78 Å². The van der Waals surface area contributed by atoms with Gasteiger partial charge in [-0.1, -0.05) is 77.1 Å². The Hall–Kier alpha value is -3.51. The van der Waals surface area contributed by atoms with Crippen molar-refractivity contribution in [2.75, 3.05) is 12.4 Å². The van der Waals surface area contributed by atoms with E-state index in [1.54, 1.807) is 0 Å². The van der Waals surface area contributed by atoms with E-state index >= 15 is 0 Å². The summed E-state index contributed by atoms with van der Waals surface area (Å²) in [6.45, 7) is 11.2. The van der Waals surface area contributed by atoms with Gasteiger partial charge in [0.15, 0.2) is 0 Å². The molecule has 0 radical (unpaired) electrons. The molecule has 0 aliphatic heterocycles. The number of anilines is 1. The number of pyridine rings is 1. The minimum Gasteiger partial charge on any atom is -0.465 e. The number of para-hydroxylation sites is 1. The first-order chi connectivity index (χ1) is 19.0. The van der Waals surface area contributed by atoms with Crippen LogP contribution in [-0.4, -0.2) is 24.0 Å². The first-order valence-electron chi connectivity index (χ1n) is 14.1. The Labute approximate surface area is 241 Å². The van der Waals surface area contributed by atoms with Crippen LogP contribution in [0.5, 0.6) is 0 Å². The summed E-state index contributed by atoms with van der Waals surface area (Å²) in [7, 11) is 1.40. The van der Waals surface area contributed by atoms with Crippen molar-refractivity contribution in [2.45, 2.75) is 60.3 Å². The minimum absolute atomic E-state index is 0.176. The van der Waals surface area contributed by atoms with E-state index in [-0.39, 0.29) is 11.3 Å². The largest absolute Gasteiger partial charge is 0.465 e. The number of fused-ring (bicyclic) bond motifs is 2. The van der Waals surface area contributed by atoms with Gasteiger partial charge in [-0.2, -0.15) is 0 Å². The molecular formula is C34H38N2O3S. The van der Waals surface area contributed by atoms with E-state index in [9.17, 15) is 9.59 Å². The number of nitrogens with one attached hydrogen (secondary N) is 1. The van der Waals surface area contributed by atoms with E-state index in [2.05, 4.69) is 64.2 Å². The number of aromatic nitrogens is 1. The maximum absolute atomic E-state index is 13.9. The lowest BCUT2D eigenvalue weighted by molar-refractivity contribution is 0.0600. The van der Waals surface area contributed by atoms with E-state index in [1.165, 1.54) is 28.9 Å². The zero-order valence-corrected chi connectivity index (χ0v) is 25.1. The molecule has 0 spiro atoms. The molecule has 1 N–H and O–H groups in total. The minimum atomic E-state index is -0.399. The normalized spacial score (nSPS) is 15.2. The van der Waals surface area contributed by atoms with E-state index < -0.39 is 5.97 Å². The molecule has 1 amide bonds. The number of benzene rings is 2. The predicted octanol–water partition coefficient (Wildman–Crippen LogP) is 8.35. The number of thiophene rings is 1. The van der Waals surface area contributed by atoms with Gasteiger partial charge in [0, 0.05) is 15.8 Å². The molecule has 5 nitrogen and oxygen atoms in total. The lowest BCUT2D eigenvalue weighted by Gasteiger charge is -2.33. The fourth-order valence-corrected chi connectivity index (χ4v) is 7.01. The van der Waals surface area contributed by atoms with Gasteiger partial charge >= 0.3 is 5.97 Å². The highest BCUT2D eigenvalue weighted by molar-refractivity contribution is 7.17. The standard InChI is InChI=1S/C34H38N2O3S/c1-20(2)17-21-11-13-22(14-12-21)28-19-26(24-9-7-8-10-27(24)35-28)31(37)36-32-30(33(38)39-6)25-16-15-23(34(3,4)5)18-29(25)40-32/h7-14,19-20,23H,15-18H2,1-6H3,(H,36,37)/t23-/m0/s1. The number of hydrogen-bond acceptors (Lipinski definition) is 5. The quantitative estimate of drug-likeness (QED) is 0.243. The molecular weight excluding hydrogens is 516 g/mol. The van der Waals surface area contributed by atoms with Crippen LogP contribution < -0.4 is 5.32 Å². The van der Waals surface area contributed by atoms with Gasteiger partial charge in [-0.05, 0) is 66.2 Å². The molecule has 1 atom stereocenters. The summed E-state index contributed by atoms with van der Waals surface area (Å²) < 4.78 is 5.17. The smallest absolute Gasteiger partial charge is 0.341 e. The molecule has 1 aliphatic rings. The van der Waals surface area contributed by atoms with Gasteiger partial charge in [0.05, 0.1) is 29.4 Å². The first kappa shape index (κ1) is 28.0. The second-order valence-electron chi connectivity index (χ2n) is 12.3. The molecule has 208 valence electrons. The summed E-state index contributed by atoms with van der Waals surface area (Å²) >= 11 is 1.51. The van der Waals surface area contributed by atoms with Crippen molar-refractivity contribution >= 4 is 39.1 Å². The molecule has 2 heterocycles. The molecule has 6 heteroatoms. The van der Waals surface area contributed by atoms with Crippen molar-refractivity contribution < 1.29 is 14.3 Å². The van der Waals surface area contributed by atoms with Crippen molar-refractivity contribution in [3.05, 3.63) is 81.7 Å². The average molecular weight is 555 g/mol. The average Bonchev–Trinajstić information content (AvgIpc) is 3.28. The summed E-state index contributed by atoms with van der Waals surface area (Å²) in [5.41, 5.74) is 5.97. The number of rotatable bonds is 6. The van der Waals surface area contributed by atoms with Crippen LogP contribution in [0.2, 0.25) is 0 Å². The van der Waals surface area contributed by atoms with Crippen molar-refractivity contribution in [1.82, 2.24) is 4.98 Å². The maximum atomic E-state index is 13.9. The maximum Gasteiger partial charge on any atom is 0.341 e. The number of esters is 1. The zero-order valence-electron chi connectivity index (χ0n) is 24.3. The third-order valence-corrected chi connectivity index (χ3v) is 9.13. The lowest BCUT2D eigenvalue weighted by atomic mass is 9.72. The Kier molecular flexibility index (Phi) is 7.83. The Morgan fingerprint density at radius 2 is 1.82 bits per heavy atom. The highest BCUT2D eigenvalue weighted by atomic mass is 32.1. The number of methoxy groups -OCH3 is 1. The summed E-state index contributed by atoms with van der Waals surface area (Å²) in [5.74, 6) is 0.444. The highest BCUT2D eigenvalue weighted by Crippen LogP contribution is 2.44. The van der Waals surface area contributed by atoms with Gasteiger partial charge < -0.3 is 10.1 Å². The molecule has 0 saturated heterocycles. The monoisotopic (exact) mass is 554 g/mol. The van der Waals surface area contributed by atoms with Crippen molar-refractivity contribution in [3.8, 4) is 11.3 Å². The molecule has 40 heavy (non-hydrogen) atoms. The van der Waals surface area contributed by atoms with Gasteiger partial charge in [0.1, 0.15) is 5.00 Å². The lowest BCUT2D eigenvalue weighted by Crippen LogP contribution is -2.26. The number of ether oxygens (including phenoxy) is 1. The molecule has 4 aromatic rings. The molecule has 0 fully saturated rings. The van der Waals surface area contributed by atoms with Crippen LogP contribution in [0.15, 0.2) is 54.6 Å². The van der Waals surface area contributed by atoms with Crippen LogP contribution in [0.1, 0.15) is 77.8 Å². The van der Waals surface area contributed by atoms with Gasteiger partial charge in [0.2, 0.25) is 0 Å². The fraction of sp³-hybridized carbons (Fsp3) is 0.382. The predicted molar refractivity (Wildman–Crippen MR) is 164 cm³/mol. The first-order valence-corrected chi connectivity index (χ1v) is 14.9. The van der Waals surface area contributed by atoms with Crippen molar-refractivity contribution in [1.29, 1.82) is 0 Å². The molecule has 1 aliphatic carbocycles. The Morgan fingerprint density at radius 3 is 2.50 bits per heavy atom. The number of carbonyl (C=O) groups excluding carboxylic acids is 2. The van der Waals surface area contributed by atoms with Crippen LogP contribution in [-0.2, 0) is 24.0 Å². The summed E-state index contributed by atoms with van der Waals surface area (Å²) in [6, 6.07) is 18.0. The van der Waals surface area contributed by atoms with E-state index in [0.29, 0.717) is 28.0 Å². The number of nitrogens with zero attached hydrogens (tertiary/aromatic N) is 1. The van der Waals surface area contributed by atoms with E-state index in [4.69, 9.17) is 9.72 Å². The Morgan fingerprint density at radius 1 is 1.10 bits per heavy atom. The van der Waals surface area contributed by atoms with Gasteiger partial charge in [0.25, 0.3) is 5.91 Å². The zero-order chi connectivity index (χ0) is 28.6. The summed E-state index contributed by atoms with van der Waals surface area (Å²) in [5, 5.41) is 4.44. The number of amides is 1. The summed E-state index contributed by atoms with van der Waals surface area (Å²) in [6.07, 6.45) is 3.74. The van der Waals surface area contributed by atoms with Crippen LogP contribution >= 0.6 is 11.3 Å². The van der Waals surface area contributed by atoms with E-state index in [1.807, 2.05) is 30.3 Å². The molecule has 2 aromatic carbocycles. The SMILES string of the molecule is COC(=O)c1c(NC(=O)c2cc(-c3ccc(CC(C)C)cc3)nc3ccccc23)sc2c1CC[C@H](C(C)(C)C)C2. The van der Waals surface area contributed by atoms with Crippen LogP contribution in [0.4, 0.5) is 5.00 Å². The fourth-order valence-electron chi connectivity index (χ4n) is 5.70.